The van der Waals surface area contributed by atoms with E-state index in [1.807, 2.05) is 6.08 Å². The summed E-state index contributed by atoms with van der Waals surface area (Å²) in [5, 5.41) is 1.11. The van der Waals surface area contributed by atoms with E-state index >= 15 is 0 Å². The molecule has 2 heteroatoms. The summed E-state index contributed by atoms with van der Waals surface area (Å²) in [5.74, 6) is 0.656. The first-order chi connectivity index (χ1) is 12.3. The molecule has 2 aromatic rings. The molecule has 0 fully saturated rings. The molecule has 1 atom stereocenters. The first kappa shape index (κ1) is 17.8. The molecule has 1 aliphatic rings. The maximum absolute atomic E-state index is 3.90. The summed E-state index contributed by atoms with van der Waals surface area (Å²) in [6.45, 7) is 8.30. The van der Waals surface area contributed by atoms with E-state index in [9.17, 15) is 0 Å². The van der Waals surface area contributed by atoms with Crippen LogP contribution in [0.15, 0.2) is 90.1 Å². The summed E-state index contributed by atoms with van der Waals surface area (Å²) in [5.41, 5.74) is 3.92. The molecular weight excluding hydrogens is 369 g/mol. The molecule has 3 rings (SSSR count). The predicted octanol–water partition coefficient (Wildman–Crippen LogP) is 5.22. The molecule has 0 aromatic heterocycles. The predicted molar refractivity (Wildman–Crippen MR) is 110 cm³/mol. The molecule has 0 amide bonds. The van der Waals surface area contributed by atoms with Crippen LogP contribution >= 0.6 is 0 Å². The summed E-state index contributed by atoms with van der Waals surface area (Å²) >= 11 is 0.461. The van der Waals surface area contributed by atoms with Gasteiger partial charge in [0.2, 0.25) is 0 Å². The summed E-state index contributed by atoms with van der Waals surface area (Å²) in [4.78, 5) is 2.48. The molecule has 0 saturated heterocycles. The zero-order valence-corrected chi connectivity index (χ0v) is 16.5. The fraction of sp³-hybridized carbons (Fsp3) is 0.217. The van der Waals surface area contributed by atoms with Gasteiger partial charge in [0.25, 0.3) is 0 Å². The first-order valence-corrected chi connectivity index (χ1v) is 10.9. The minimum atomic E-state index is 0.461. The van der Waals surface area contributed by atoms with Gasteiger partial charge in [-0.25, -0.2) is 0 Å². The minimum absolute atomic E-state index is 0.461. The Morgan fingerprint density at radius 2 is 1.68 bits per heavy atom. The zero-order valence-electron chi connectivity index (χ0n) is 14.8. The number of benzene rings is 2. The van der Waals surface area contributed by atoms with Gasteiger partial charge in [0.1, 0.15) is 0 Å². The van der Waals surface area contributed by atoms with Gasteiger partial charge in [-0.2, -0.15) is 0 Å². The van der Waals surface area contributed by atoms with Crippen molar-refractivity contribution >= 4 is 20.5 Å². The normalized spacial score (nSPS) is 16.4. The molecule has 0 aliphatic carbocycles. The second-order valence-corrected chi connectivity index (χ2v) is 8.52. The van der Waals surface area contributed by atoms with Crippen LogP contribution in [0.3, 0.4) is 0 Å². The summed E-state index contributed by atoms with van der Waals surface area (Å²) in [7, 11) is 0. The molecule has 0 bridgehead atoms. The molecule has 1 nitrogen and oxygen atoms in total. The van der Waals surface area contributed by atoms with Gasteiger partial charge in [0.05, 0.1) is 0 Å². The van der Waals surface area contributed by atoms with Crippen molar-refractivity contribution in [1.82, 2.24) is 4.90 Å². The number of hydrogen-bond acceptors (Lipinski definition) is 1. The van der Waals surface area contributed by atoms with E-state index < -0.39 is 0 Å². The van der Waals surface area contributed by atoms with Crippen molar-refractivity contribution in [2.24, 2.45) is 5.92 Å². The van der Waals surface area contributed by atoms with Crippen molar-refractivity contribution in [2.75, 3.05) is 13.1 Å². The Morgan fingerprint density at radius 1 is 1.08 bits per heavy atom. The van der Waals surface area contributed by atoms with E-state index in [0.717, 1.165) is 18.4 Å². The van der Waals surface area contributed by atoms with Crippen LogP contribution in [-0.4, -0.2) is 32.9 Å². The van der Waals surface area contributed by atoms with Crippen molar-refractivity contribution in [3.8, 4) is 0 Å². The zero-order chi connectivity index (χ0) is 17.5. The summed E-state index contributed by atoms with van der Waals surface area (Å²) < 4.78 is 1.52. The molecule has 0 N–H and O–H groups in total. The average Bonchev–Trinajstić information content (AvgIpc) is 3.00. The number of nitrogens with zero attached hydrogens (tertiary/aromatic N) is 1. The molecule has 0 radical (unpaired) electrons. The van der Waals surface area contributed by atoms with E-state index in [1.165, 1.54) is 21.3 Å². The molecule has 1 aliphatic heterocycles. The Labute approximate surface area is 157 Å². The van der Waals surface area contributed by atoms with Gasteiger partial charge in [0.15, 0.2) is 0 Å². The van der Waals surface area contributed by atoms with Gasteiger partial charge in [-0.1, -0.05) is 0 Å². The number of rotatable bonds is 7. The molecule has 0 unspecified atom stereocenters. The van der Waals surface area contributed by atoms with Crippen LogP contribution in [0.5, 0.6) is 0 Å². The third-order valence-electron chi connectivity index (χ3n) is 4.28. The van der Waals surface area contributed by atoms with E-state index in [-0.39, 0.29) is 0 Å². The Morgan fingerprint density at radius 3 is 2.24 bits per heavy atom. The van der Waals surface area contributed by atoms with E-state index in [4.69, 9.17) is 0 Å². The van der Waals surface area contributed by atoms with Gasteiger partial charge >= 0.3 is 158 Å². The standard InChI is InChI=1S/C23H25NSe/c1-3-15-24-18-19(2)17-23(24)25-16-14-22(20-10-6-4-7-11-20)21-12-8-5-9-13-21/h3-14,17,19H,1,15-16,18H2,2H3/t19-/m1/s1. The van der Waals surface area contributed by atoms with E-state index in [1.54, 1.807) is 0 Å². The second kappa shape index (κ2) is 8.89. The van der Waals surface area contributed by atoms with E-state index in [0.29, 0.717) is 20.9 Å². The molecule has 2 aromatic carbocycles. The molecule has 25 heavy (non-hydrogen) atoms. The van der Waals surface area contributed by atoms with Gasteiger partial charge < -0.3 is 0 Å². The molecular formula is C23H25NSe. The Kier molecular flexibility index (Phi) is 6.33. The third-order valence-corrected chi connectivity index (χ3v) is 6.43. The third kappa shape index (κ3) is 4.75. The molecule has 128 valence electrons. The number of hydrogen-bond donors (Lipinski definition) is 0. The Hall–Kier alpha value is -2.02. The van der Waals surface area contributed by atoms with Crippen LogP contribution in [0.1, 0.15) is 18.1 Å². The van der Waals surface area contributed by atoms with E-state index in [2.05, 4.69) is 91.2 Å². The Balaban J connectivity index is 1.78. The topological polar surface area (TPSA) is 3.24 Å². The van der Waals surface area contributed by atoms with Crippen LogP contribution in [0, 0.1) is 5.92 Å². The van der Waals surface area contributed by atoms with Crippen LogP contribution in [-0.2, 0) is 0 Å². The van der Waals surface area contributed by atoms with Gasteiger partial charge in [-0.05, 0) is 0 Å². The average molecular weight is 394 g/mol. The van der Waals surface area contributed by atoms with Crippen LogP contribution in [0.4, 0.5) is 0 Å². The fourth-order valence-electron chi connectivity index (χ4n) is 3.15. The summed E-state index contributed by atoms with van der Waals surface area (Å²) in [6, 6.07) is 21.4. The fourth-order valence-corrected chi connectivity index (χ4v) is 5.41. The second-order valence-electron chi connectivity index (χ2n) is 6.34. The van der Waals surface area contributed by atoms with Crippen molar-refractivity contribution in [1.29, 1.82) is 0 Å². The van der Waals surface area contributed by atoms with Crippen LogP contribution < -0.4 is 0 Å². The van der Waals surface area contributed by atoms with Gasteiger partial charge in [-0.15, -0.1) is 0 Å². The number of allylic oxidation sites excluding steroid dienone is 1. The van der Waals surface area contributed by atoms with Crippen molar-refractivity contribution in [2.45, 2.75) is 12.2 Å². The van der Waals surface area contributed by atoms with Crippen LogP contribution in [0.25, 0.3) is 5.57 Å². The van der Waals surface area contributed by atoms with Gasteiger partial charge in [-0.3, -0.25) is 0 Å². The van der Waals surface area contributed by atoms with Crippen molar-refractivity contribution in [3.63, 3.8) is 0 Å². The van der Waals surface area contributed by atoms with Crippen molar-refractivity contribution < 1.29 is 0 Å². The first-order valence-electron chi connectivity index (χ1n) is 8.79. The molecule has 0 spiro atoms. The summed E-state index contributed by atoms with van der Waals surface area (Å²) in [6.07, 6.45) is 6.87. The van der Waals surface area contributed by atoms with Gasteiger partial charge in [0, 0.05) is 0 Å². The maximum atomic E-state index is 3.90. The SMILES string of the molecule is C=CCN1C[C@H](C)C=C1[Se]CC=C(c1ccccc1)c1ccccc1. The van der Waals surface area contributed by atoms with Crippen molar-refractivity contribution in [3.05, 3.63) is 101 Å². The molecule has 1 heterocycles. The molecule has 0 saturated carbocycles. The Bertz CT molecular complexity index is 705. The van der Waals surface area contributed by atoms with Crippen LogP contribution in [0.2, 0.25) is 5.32 Å². The monoisotopic (exact) mass is 395 g/mol. The quantitative estimate of drug-likeness (QED) is 0.460.